The number of carbonyl (C=O) groups is 1. The molecule has 3 aromatic carbocycles. The molecular weight excluding hydrogens is 348 g/mol. The van der Waals surface area contributed by atoms with Crippen LogP contribution in [0.3, 0.4) is 0 Å². The molecule has 26 heavy (non-hydrogen) atoms. The van der Waals surface area contributed by atoms with Crippen molar-refractivity contribution in [3.8, 4) is 5.75 Å². The van der Waals surface area contributed by atoms with Crippen LogP contribution in [0.5, 0.6) is 5.75 Å². The summed E-state index contributed by atoms with van der Waals surface area (Å²) in [7, 11) is 0. The minimum Gasteiger partial charge on any atom is -0.488 e. The van der Waals surface area contributed by atoms with E-state index in [0.29, 0.717) is 0 Å². The number of esters is 1. The van der Waals surface area contributed by atoms with Gasteiger partial charge in [0.05, 0.1) is 6.61 Å². The maximum atomic E-state index is 11.4. The van der Waals surface area contributed by atoms with Crippen LogP contribution in [0.1, 0.15) is 0 Å². The second-order valence-corrected chi connectivity index (χ2v) is 6.59. The number of hydrogen-bond donors (Lipinski definition) is 1. The molecule has 1 atom stereocenters. The molecule has 4 nitrogen and oxygen atoms in total. The van der Waals surface area contributed by atoms with Crippen LogP contribution >= 0.6 is 11.8 Å². The van der Waals surface area contributed by atoms with Gasteiger partial charge in [-0.05, 0) is 29.2 Å². The maximum Gasteiger partial charge on any atom is 0.330 e. The third kappa shape index (κ3) is 3.69. The van der Waals surface area contributed by atoms with E-state index in [0.717, 1.165) is 38.3 Å². The van der Waals surface area contributed by atoms with Crippen LogP contribution in [0.2, 0.25) is 0 Å². The van der Waals surface area contributed by atoms with Gasteiger partial charge in [-0.2, -0.15) is 0 Å². The zero-order chi connectivity index (χ0) is 18.5. The van der Waals surface area contributed by atoms with Gasteiger partial charge in [-0.15, -0.1) is 11.8 Å². The van der Waals surface area contributed by atoms with Gasteiger partial charge < -0.3 is 14.6 Å². The summed E-state index contributed by atoms with van der Waals surface area (Å²) in [4.78, 5) is 12.6. The zero-order valence-electron chi connectivity index (χ0n) is 14.5. The monoisotopic (exact) mass is 368 g/mol. The molecule has 134 valence electrons. The number of hydrogen-bond acceptors (Lipinski definition) is 5. The van der Waals surface area contributed by atoms with Gasteiger partial charge in [0.15, 0.2) is 6.10 Å². The van der Waals surface area contributed by atoms with Gasteiger partial charge in [0.2, 0.25) is 0 Å². The summed E-state index contributed by atoms with van der Waals surface area (Å²) in [5.41, 5.74) is 0. The molecule has 1 unspecified atom stereocenters. The summed E-state index contributed by atoms with van der Waals surface area (Å²) in [6.45, 7) is 3.11. The van der Waals surface area contributed by atoms with Crippen molar-refractivity contribution in [3.05, 3.63) is 61.2 Å². The van der Waals surface area contributed by atoms with Crippen molar-refractivity contribution in [1.29, 1.82) is 0 Å². The average Bonchev–Trinajstić information content (AvgIpc) is 2.69. The fourth-order valence-corrected chi connectivity index (χ4v) is 3.47. The topological polar surface area (TPSA) is 55.8 Å². The number of carbonyl (C=O) groups excluding carboxylic acids is 1. The minimum absolute atomic E-state index is 0.0582. The van der Waals surface area contributed by atoms with Crippen LogP contribution in [0.4, 0.5) is 0 Å². The third-order valence-electron chi connectivity index (χ3n) is 4.10. The van der Waals surface area contributed by atoms with Crippen molar-refractivity contribution in [2.45, 2.75) is 11.0 Å². The van der Waals surface area contributed by atoms with Crippen LogP contribution < -0.4 is 4.74 Å². The van der Waals surface area contributed by atoms with Crippen LogP contribution in [-0.2, 0) is 9.53 Å². The first-order chi connectivity index (χ1) is 12.7. The summed E-state index contributed by atoms with van der Waals surface area (Å²) in [5.74, 6) is 0.141. The van der Waals surface area contributed by atoms with Crippen molar-refractivity contribution in [1.82, 2.24) is 0 Å². The molecule has 1 N–H and O–H groups in total. The second-order valence-electron chi connectivity index (χ2n) is 5.74. The van der Waals surface area contributed by atoms with E-state index < -0.39 is 12.1 Å². The Morgan fingerprint density at radius 2 is 1.96 bits per heavy atom. The molecule has 0 saturated heterocycles. The number of aliphatic hydroxyl groups excluding tert-OH is 1. The first-order valence-corrected chi connectivity index (χ1v) is 9.45. The van der Waals surface area contributed by atoms with Crippen molar-refractivity contribution >= 4 is 39.3 Å². The van der Waals surface area contributed by atoms with Crippen molar-refractivity contribution in [3.63, 3.8) is 0 Å². The van der Waals surface area contributed by atoms with Gasteiger partial charge in [-0.3, -0.25) is 0 Å². The molecule has 3 aromatic rings. The van der Waals surface area contributed by atoms with Crippen molar-refractivity contribution < 1.29 is 19.4 Å². The predicted molar refractivity (Wildman–Crippen MR) is 106 cm³/mol. The molecule has 0 spiro atoms. The van der Waals surface area contributed by atoms with E-state index in [1.807, 2.05) is 42.7 Å². The molecule has 0 heterocycles. The van der Waals surface area contributed by atoms with Gasteiger partial charge in [0.25, 0.3) is 0 Å². The van der Waals surface area contributed by atoms with Crippen molar-refractivity contribution in [2.24, 2.45) is 0 Å². The van der Waals surface area contributed by atoms with E-state index in [4.69, 9.17) is 9.47 Å². The fourth-order valence-electron chi connectivity index (χ4n) is 2.87. The Kier molecular flexibility index (Phi) is 5.81. The first-order valence-electron chi connectivity index (χ1n) is 8.23. The summed E-state index contributed by atoms with van der Waals surface area (Å²) in [6.07, 6.45) is 2.36. The van der Waals surface area contributed by atoms with E-state index in [1.54, 1.807) is 11.8 Å². The van der Waals surface area contributed by atoms with Crippen LogP contribution in [0.25, 0.3) is 21.5 Å². The molecule has 5 heteroatoms. The Labute approximate surface area is 156 Å². The number of thioether (sulfide) groups is 1. The van der Waals surface area contributed by atoms with Crippen molar-refractivity contribution in [2.75, 3.05) is 19.5 Å². The SMILES string of the molecule is C=CC(=O)OC(CO)COc1c2ccccc2cc2c(SC)cccc12. The Morgan fingerprint density at radius 3 is 2.69 bits per heavy atom. The molecule has 0 fully saturated rings. The largest absolute Gasteiger partial charge is 0.488 e. The maximum absolute atomic E-state index is 11.4. The molecule has 0 aliphatic heterocycles. The highest BCUT2D eigenvalue weighted by atomic mass is 32.2. The lowest BCUT2D eigenvalue weighted by Crippen LogP contribution is -2.27. The van der Waals surface area contributed by atoms with Gasteiger partial charge >= 0.3 is 5.97 Å². The number of fused-ring (bicyclic) bond motifs is 2. The van der Waals surface area contributed by atoms with E-state index in [-0.39, 0.29) is 13.2 Å². The first kappa shape index (κ1) is 18.3. The quantitative estimate of drug-likeness (QED) is 0.293. The lowest BCUT2D eigenvalue weighted by atomic mass is 10.0. The average molecular weight is 368 g/mol. The molecule has 0 radical (unpaired) electrons. The highest BCUT2D eigenvalue weighted by molar-refractivity contribution is 7.98. The van der Waals surface area contributed by atoms with E-state index >= 15 is 0 Å². The Bertz CT molecular complexity index is 951. The Hall–Kier alpha value is -2.50. The summed E-state index contributed by atoms with van der Waals surface area (Å²) in [6, 6.07) is 16.2. The van der Waals surface area contributed by atoms with Crippen LogP contribution in [-0.4, -0.2) is 36.6 Å². The number of aliphatic hydroxyl groups is 1. The van der Waals surface area contributed by atoms with Crippen LogP contribution in [0, 0.1) is 0 Å². The fraction of sp³-hybridized carbons (Fsp3) is 0.190. The van der Waals surface area contributed by atoms with Crippen LogP contribution in [0.15, 0.2) is 66.1 Å². The van der Waals surface area contributed by atoms with E-state index in [2.05, 4.69) is 18.7 Å². The highest BCUT2D eigenvalue weighted by Gasteiger charge is 2.16. The number of benzene rings is 3. The Balaban J connectivity index is 2.04. The van der Waals surface area contributed by atoms with Gasteiger partial charge in [0, 0.05) is 21.7 Å². The second kappa shape index (κ2) is 8.25. The summed E-state index contributed by atoms with van der Waals surface area (Å²) < 4.78 is 11.2. The lowest BCUT2D eigenvalue weighted by Gasteiger charge is -2.18. The molecule has 3 rings (SSSR count). The minimum atomic E-state index is -0.752. The van der Waals surface area contributed by atoms with Gasteiger partial charge in [-0.1, -0.05) is 43.0 Å². The standard InChI is InChI=1S/C21H20O4S/c1-3-20(23)25-15(12-22)13-24-21-16-8-5-4-7-14(16)11-18-17(21)9-6-10-19(18)26-2/h3-11,15,22H,1,12-13H2,2H3. The number of rotatable bonds is 7. The molecular formula is C21H20O4S. The number of ether oxygens (including phenoxy) is 2. The highest BCUT2D eigenvalue weighted by Crippen LogP contribution is 2.38. The lowest BCUT2D eigenvalue weighted by molar-refractivity contribution is -0.146. The van der Waals surface area contributed by atoms with Gasteiger partial charge in [0.1, 0.15) is 12.4 Å². The normalized spacial score (nSPS) is 12.1. The van der Waals surface area contributed by atoms with Gasteiger partial charge in [-0.25, -0.2) is 4.79 Å². The molecule has 0 aliphatic carbocycles. The molecule has 0 bridgehead atoms. The summed E-state index contributed by atoms with van der Waals surface area (Å²) in [5, 5.41) is 13.6. The third-order valence-corrected chi connectivity index (χ3v) is 4.90. The van der Waals surface area contributed by atoms with E-state index in [1.165, 1.54) is 0 Å². The smallest absolute Gasteiger partial charge is 0.330 e. The molecule has 0 aromatic heterocycles. The molecule has 0 amide bonds. The predicted octanol–water partition coefficient (Wildman–Crippen LogP) is 4.18. The summed E-state index contributed by atoms with van der Waals surface area (Å²) >= 11 is 1.68. The Morgan fingerprint density at radius 1 is 1.19 bits per heavy atom. The molecule has 0 saturated carbocycles. The molecule has 0 aliphatic rings. The zero-order valence-corrected chi connectivity index (χ0v) is 15.3. The van der Waals surface area contributed by atoms with E-state index in [9.17, 15) is 9.90 Å².